The Morgan fingerprint density at radius 2 is 2.15 bits per heavy atom. The van der Waals surface area contributed by atoms with Gasteiger partial charge in [-0.25, -0.2) is 4.39 Å². The van der Waals surface area contributed by atoms with Gasteiger partial charge in [0.05, 0.1) is 6.10 Å². The van der Waals surface area contributed by atoms with E-state index in [1.807, 2.05) is 12.1 Å². The number of hydrogen-bond acceptors (Lipinski definition) is 2. The molecule has 0 radical (unpaired) electrons. The molecule has 1 atom stereocenters. The van der Waals surface area contributed by atoms with Crippen molar-refractivity contribution in [3.05, 3.63) is 63.4 Å². The summed E-state index contributed by atoms with van der Waals surface area (Å²) in [4.78, 5) is 0. The van der Waals surface area contributed by atoms with Crippen molar-refractivity contribution in [3.63, 3.8) is 0 Å². The number of anilines is 1. The van der Waals surface area contributed by atoms with Crippen LogP contribution >= 0.6 is 15.9 Å². The second-order valence-corrected chi connectivity index (χ2v) is 5.93. The summed E-state index contributed by atoms with van der Waals surface area (Å²) in [5.74, 6) is -0.284. The van der Waals surface area contributed by atoms with Gasteiger partial charge < -0.3 is 10.4 Å². The molecular weight excluding hydrogens is 321 g/mol. The van der Waals surface area contributed by atoms with Crippen molar-refractivity contribution < 1.29 is 9.50 Å². The predicted molar refractivity (Wildman–Crippen MR) is 81.4 cm³/mol. The SMILES string of the molecule is OC(Cc1cc(Br)ccc1F)c1cccc2c1NCC2. The number of fused-ring (bicyclic) bond motifs is 1. The molecule has 2 aromatic rings. The molecule has 2 aromatic carbocycles. The third-order valence-corrected chi connectivity index (χ3v) is 4.15. The van der Waals surface area contributed by atoms with E-state index in [1.54, 1.807) is 12.1 Å². The number of para-hydroxylation sites is 1. The van der Waals surface area contributed by atoms with E-state index < -0.39 is 6.10 Å². The highest BCUT2D eigenvalue weighted by molar-refractivity contribution is 9.10. The van der Waals surface area contributed by atoms with Gasteiger partial charge in [-0.1, -0.05) is 34.1 Å². The van der Waals surface area contributed by atoms with Crippen LogP contribution in [0.25, 0.3) is 0 Å². The molecule has 0 spiro atoms. The Balaban J connectivity index is 1.88. The Bertz CT molecular complexity index is 644. The van der Waals surface area contributed by atoms with Crippen molar-refractivity contribution in [1.82, 2.24) is 0 Å². The zero-order valence-corrected chi connectivity index (χ0v) is 12.5. The number of aliphatic hydroxyl groups is 1. The molecule has 2 nitrogen and oxygen atoms in total. The van der Waals surface area contributed by atoms with E-state index in [1.165, 1.54) is 11.6 Å². The maximum absolute atomic E-state index is 13.8. The zero-order valence-electron chi connectivity index (χ0n) is 10.9. The quantitative estimate of drug-likeness (QED) is 0.893. The Labute approximate surface area is 125 Å². The molecule has 20 heavy (non-hydrogen) atoms. The van der Waals surface area contributed by atoms with Crippen molar-refractivity contribution in [2.24, 2.45) is 0 Å². The van der Waals surface area contributed by atoms with E-state index >= 15 is 0 Å². The van der Waals surface area contributed by atoms with Gasteiger partial charge >= 0.3 is 0 Å². The summed E-state index contributed by atoms with van der Waals surface area (Å²) in [6.07, 6.45) is 0.532. The van der Waals surface area contributed by atoms with Crippen LogP contribution < -0.4 is 5.32 Å². The minimum Gasteiger partial charge on any atom is -0.388 e. The van der Waals surface area contributed by atoms with Crippen LogP contribution in [0.1, 0.15) is 22.8 Å². The van der Waals surface area contributed by atoms with Gasteiger partial charge in [-0.05, 0) is 35.7 Å². The first-order valence-electron chi connectivity index (χ1n) is 6.63. The highest BCUT2D eigenvalue weighted by atomic mass is 79.9. The maximum Gasteiger partial charge on any atom is 0.126 e. The van der Waals surface area contributed by atoms with Gasteiger partial charge in [0.1, 0.15) is 5.82 Å². The second kappa shape index (κ2) is 5.54. The first-order valence-corrected chi connectivity index (χ1v) is 7.42. The third-order valence-electron chi connectivity index (χ3n) is 3.66. The zero-order chi connectivity index (χ0) is 14.1. The fourth-order valence-corrected chi connectivity index (χ4v) is 3.07. The largest absolute Gasteiger partial charge is 0.388 e. The summed E-state index contributed by atoms with van der Waals surface area (Å²) in [5, 5.41) is 13.7. The molecule has 0 fully saturated rings. The molecule has 2 N–H and O–H groups in total. The molecule has 3 rings (SSSR count). The van der Waals surface area contributed by atoms with Gasteiger partial charge in [0, 0.05) is 28.7 Å². The monoisotopic (exact) mass is 335 g/mol. The van der Waals surface area contributed by atoms with Gasteiger partial charge in [0.2, 0.25) is 0 Å². The van der Waals surface area contributed by atoms with Crippen LogP contribution in [0.5, 0.6) is 0 Å². The number of nitrogens with one attached hydrogen (secondary N) is 1. The average Bonchev–Trinajstić information content (AvgIpc) is 2.91. The molecule has 1 heterocycles. The molecule has 4 heteroatoms. The lowest BCUT2D eigenvalue weighted by Gasteiger charge is -2.16. The standard InChI is InChI=1S/C16H15BrFNO/c17-12-4-5-14(18)11(8-12)9-15(20)13-3-1-2-10-6-7-19-16(10)13/h1-5,8,15,19-20H,6-7,9H2. The fraction of sp³-hybridized carbons (Fsp3) is 0.250. The summed E-state index contributed by atoms with van der Waals surface area (Å²) >= 11 is 3.33. The van der Waals surface area contributed by atoms with E-state index in [4.69, 9.17) is 0 Å². The molecule has 104 valence electrons. The molecule has 0 amide bonds. The summed E-state index contributed by atoms with van der Waals surface area (Å²) in [5.41, 5.74) is 3.59. The van der Waals surface area contributed by atoms with E-state index in [0.717, 1.165) is 28.7 Å². The molecule has 1 aliphatic heterocycles. The van der Waals surface area contributed by atoms with Crippen molar-refractivity contribution in [2.75, 3.05) is 11.9 Å². The van der Waals surface area contributed by atoms with Crippen molar-refractivity contribution in [1.29, 1.82) is 0 Å². The molecule has 0 aliphatic carbocycles. The summed E-state index contributed by atoms with van der Waals surface area (Å²) in [7, 11) is 0. The van der Waals surface area contributed by atoms with Gasteiger partial charge in [-0.15, -0.1) is 0 Å². The Morgan fingerprint density at radius 3 is 3.00 bits per heavy atom. The molecule has 1 unspecified atom stereocenters. The predicted octanol–water partition coefficient (Wildman–Crippen LogP) is 3.83. The number of aliphatic hydroxyl groups excluding tert-OH is 1. The molecule has 0 bridgehead atoms. The first-order chi connectivity index (χ1) is 9.65. The van der Waals surface area contributed by atoms with Gasteiger partial charge in [-0.3, -0.25) is 0 Å². The van der Waals surface area contributed by atoms with E-state index in [0.29, 0.717) is 5.56 Å². The van der Waals surface area contributed by atoms with Crippen LogP contribution in [0.15, 0.2) is 40.9 Å². The van der Waals surface area contributed by atoms with Crippen LogP contribution in [0.3, 0.4) is 0 Å². The highest BCUT2D eigenvalue weighted by Gasteiger charge is 2.20. The Kier molecular flexibility index (Phi) is 3.76. The molecule has 0 aromatic heterocycles. The van der Waals surface area contributed by atoms with Crippen LogP contribution in [-0.4, -0.2) is 11.7 Å². The smallest absolute Gasteiger partial charge is 0.126 e. The average molecular weight is 336 g/mol. The van der Waals surface area contributed by atoms with Gasteiger partial charge in [0.25, 0.3) is 0 Å². The fourth-order valence-electron chi connectivity index (χ4n) is 2.66. The molecule has 1 aliphatic rings. The van der Waals surface area contributed by atoms with Crippen molar-refractivity contribution in [2.45, 2.75) is 18.9 Å². The lowest BCUT2D eigenvalue weighted by Crippen LogP contribution is -2.06. The maximum atomic E-state index is 13.8. The first kappa shape index (κ1) is 13.6. The van der Waals surface area contributed by atoms with Crippen LogP contribution in [0, 0.1) is 5.82 Å². The molecule has 0 saturated heterocycles. The minimum atomic E-state index is -0.709. The molecule has 0 saturated carbocycles. The van der Waals surface area contributed by atoms with E-state index in [9.17, 15) is 9.50 Å². The summed E-state index contributed by atoms with van der Waals surface area (Å²) < 4.78 is 14.6. The molecular formula is C16H15BrFNO. The number of halogens is 2. The third kappa shape index (κ3) is 2.58. The number of rotatable bonds is 3. The van der Waals surface area contributed by atoms with Crippen LogP contribution in [0.4, 0.5) is 10.1 Å². The Hall–Kier alpha value is -1.39. The van der Waals surface area contributed by atoms with E-state index in [-0.39, 0.29) is 12.2 Å². The van der Waals surface area contributed by atoms with Crippen molar-refractivity contribution in [3.8, 4) is 0 Å². The second-order valence-electron chi connectivity index (χ2n) is 5.01. The lowest BCUT2D eigenvalue weighted by atomic mass is 9.97. The van der Waals surface area contributed by atoms with Crippen LogP contribution in [0.2, 0.25) is 0 Å². The topological polar surface area (TPSA) is 32.3 Å². The van der Waals surface area contributed by atoms with E-state index in [2.05, 4.69) is 27.3 Å². The van der Waals surface area contributed by atoms with Gasteiger partial charge in [0.15, 0.2) is 0 Å². The summed E-state index contributed by atoms with van der Waals surface area (Å²) in [6.45, 7) is 0.893. The normalized spacial score (nSPS) is 14.8. The lowest BCUT2D eigenvalue weighted by molar-refractivity contribution is 0.178. The van der Waals surface area contributed by atoms with Crippen molar-refractivity contribution >= 4 is 21.6 Å². The number of benzene rings is 2. The van der Waals surface area contributed by atoms with Gasteiger partial charge in [-0.2, -0.15) is 0 Å². The summed E-state index contributed by atoms with van der Waals surface area (Å²) in [6, 6.07) is 10.7. The number of hydrogen-bond donors (Lipinski definition) is 2. The minimum absolute atomic E-state index is 0.267. The highest BCUT2D eigenvalue weighted by Crippen LogP contribution is 2.32. The Morgan fingerprint density at radius 1 is 1.30 bits per heavy atom. The van der Waals surface area contributed by atoms with Crippen LogP contribution in [-0.2, 0) is 12.8 Å².